The smallest absolute Gasteiger partial charge is 0.303 e. The van der Waals surface area contributed by atoms with Gasteiger partial charge in [0, 0.05) is 23.9 Å². The van der Waals surface area contributed by atoms with Crippen LogP contribution in [0.3, 0.4) is 0 Å². The first-order chi connectivity index (χ1) is 12.7. The van der Waals surface area contributed by atoms with Gasteiger partial charge in [0.25, 0.3) is 0 Å². The second-order valence-electron chi connectivity index (χ2n) is 7.39. The topological polar surface area (TPSA) is 59.4 Å². The molecule has 1 heterocycles. The van der Waals surface area contributed by atoms with Crippen molar-refractivity contribution in [1.82, 2.24) is 4.98 Å². The van der Waals surface area contributed by atoms with Crippen molar-refractivity contribution in [2.45, 2.75) is 45.2 Å². The highest BCUT2D eigenvalue weighted by Gasteiger charge is 2.16. The molecule has 0 bridgehead atoms. The number of carboxylic acid groups (broad SMARTS) is 1. The Morgan fingerprint density at radius 2 is 1.93 bits per heavy atom. The molecule has 1 N–H and O–H groups in total. The van der Waals surface area contributed by atoms with E-state index in [1.54, 1.807) is 24.0 Å². The maximum absolute atomic E-state index is 14.2. The van der Waals surface area contributed by atoms with Gasteiger partial charge in [-0.25, -0.2) is 13.8 Å². The van der Waals surface area contributed by atoms with Gasteiger partial charge in [-0.2, -0.15) is 0 Å². The number of hydrogen-bond acceptors (Lipinski definition) is 4. The van der Waals surface area contributed by atoms with Crippen molar-refractivity contribution in [1.29, 1.82) is 0 Å². The van der Waals surface area contributed by atoms with Crippen LogP contribution >= 0.6 is 11.8 Å². The summed E-state index contributed by atoms with van der Waals surface area (Å²) in [5.41, 5.74) is 1.15. The Labute approximate surface area is 162 Å². The van der Waals surface area contributed by atoms with Gasteiger partial charge in [0.15, 0.2) is 17.4 Å². The van der Waals surface area contributed by atoms with E-state index in [1.807, 2.05) is 6.07 Å². The molecule has 2 rings (SSSR count). The van der Waals surface area contributed by atoms with Gasteiger partial charge in [-0.3, -0.25) is 4.79 Å². The summed E-state index contributed by atoms with van der Waals surface area (Å²) in [6.45, 7) is 6.35. The van der Waals surface area contributed by atoms with E-state index in [4.69, 9.17) is 9.84 Å². The number of ether oxygens (including phenoxy) is 1. The maximum Gasteiger partial charge on any atom is 0.303 e. The third-order valence-corrected chi connectivity index (χ3v) is 5.20. The monoisotopic (exact) mass is 395 g/mol. The molecule has 0 unspecified atom stereocenters. The van der Waals surface area contributed by atoms with E-state index in [0.29, 0.717) is 0 Å². The zero-order chi connectivity index (χ0) is 20.0. The average Bonchev–Trinajstić information content (AvgIpc) is 2.57. The molecule has 2 aromatic rings. The molecule has 1 aromatic heterocycles. The van der Waals surface area contributed by atoms with Crippen molar-refractivity contribution < 1.29 is 23.4 Å². The lowest BCUT2D eigenvalue weighted by molar-refractivity contribution is -0.136. The summed E-state index contributed by atoms with van der Waals surface area (Å²) >= 11 is 1.58. The number of benzene rings is 1. The zero-order valence-electron chi connectivity index (χ0n) is 15.6. The van der Waals surface area contributed by atoms with Gasteiger partial charge in [-0.15, -0.1) is 11.8 Å². The van der Waals surface area contributed by atoms with Crippen LogP contribution < -0.4 is 4.74 Å². The van der Waals surface area contributed by atoms with Gasteiger partial charge < -0.3 is 9.84 Å². The average molecular weight is 395 g/mol. The van der Waals surface area contributed by atoms with Gasteiger partial charge >= 0.3 is 5.97 Å². The third-order valence-electron chi connectivity index (χ3n) is 3.55. The van der Waals surface area contributed by atoms with Gasteiger partial charge in [0.2, 0.25) is 0 Å². The Kier molecular flexibility index (Phi) is 7.18. The summed E-state index contributed by atoms with van der Waals surface area (Å²) in [6.07, 6.45) is 1.54. The summed E-state index contributed by atoms with van der Waals surface area (Å²) in [5, 5.41) is 9.45. The van der Waals surface area contributed by atoms with Crippen molar-refractivity contribution in [2.75, 3.05) is 5.75 Å². The van der Waals surface area contributed by atoms with E-state index < -0.39 is 23.4 Å². The molecule has 146 valence electrons. The second kappa shape index (κ2) is 9.17. The first kappa shape index (κ1) is 21.2. The second-order valence-corrected chi connectivity index (χ2v) is 8.35. The SMILES string of the molecule is CC(C)(C)CSc1ncccc1COc1c(F)cc(CCC(=O)O)cc1F. The number of rotatable bonds is 8. The maximum atomic E-state index is 14.2. The predicted molar refractivity (Wildman–Crippen MR) is 101 cm³/mol. The lowest BCUT2D eigenvalue weighted by atomic mass is 10.0. The number of thioether (sulfide) groups is 1. The molecule has 0 aliphatic heterocycles. The van der Waals surface area contributed by atoms with E-state index >= 15 is 0 Å². The minimum Gasteiger partial charge on any atom is -0.483 e. The number of pyridine rings is 1. The summed E-state index contributed by atoms with van der Waals surface area (Å²) in [5.74, 6) is -2.33. The molecular formula is C20H23F2NO3S. The Bertz CT molecular complexity index is 783. The molecule has 0 fully saturated rings. The lowest BCUT2D eigenvalue weighted by Crippen LogP contribution is -2.09. The molecule has 0 amide bonds. The lowest BCUT2D eigenvalue weighted by Gasteiger charge is -2.18. The van der Waals surface area contributed by atoms with Crippen LogP contribution in [-0.2, 0) is 17.8 Å². The minimum atomic E-state index is -1.02. The molecule has 0 aliphatic rings. The standard InChI is InChI=1S/C20H23F2NO3S/c1-20(2,3)12-27-19-14(5-4-8-23-19)11-26-18-15(21)9-13(10-16(18)22)6-7-17(24)25/h4-5,8-10H,6-7,11-12H2,1-3H3,(H,24,25). The van der Waals surface area contributed by atoms with Crippen LogP contribution in [0.1, 0.15) is 38.3 Å². The van der Waals surface area contributed by atoms with Crippen LogP contribution in [0, 0.1) is 17.0 Å². The summed E-state index contributed by atoms with van der Waals surface area (Å²) in [4.78, 5) is 14.9. The Balaban J connectivity index is 2.09. The van der Waals surface area contributed by atoms with Crippen molar-refractivity contribution >= 4 is 17.7 Å². The highest BCUT2D eigenvalue weighted by atomic mass is 32.2. The third kappa shape index (κ3) is 6.82. The number of halogens is 2. The number of carboxylic acids is 1. The van der Waals surface area contributed by atoms with E-state index in [9.17, 15) is 13.6 Å². The molecule has 0 spiro atoms. The van der Waals surface area contributed by atoms with E-state index in [2.05, 4.69) is 25.8 Å². The highest BCUT2D eigenvalue weighted by Crippen LogP contribution is 2.30. The van der Waals surface area contributed by atoms with Gasteiger partial charge in [0.05, 0.1) is 0 Å². The zero-order valence-corrected chi connectivity index (χ0v) is 16.4. The minimum absolute atomic E-state index is 0.0113. The van der Waals surface area contributed by atoms with Crippen LogP contribution in [-0.4, -0.2) is 21.8 Å². The molecule has 7 heteroatoms. The Hall–Kier alpha value is -2.15. The quantitative estimate of drug-likeness (QED) is 0.631. The molecule has 1 aromatic carbocycles. The Morgan fingerprint density at radius 1 is 1.26 bits per heavy atom. The Morgan fingerprint density at radius 3 is 2.52 bits per heavy atom. The molecule has 0 saturated carbocycles. The van der Waals surface area contributed by atoms with Crippen LogP contribution in [0.2, 0.25) is 0 Å². The number of carbonyl (C=O) groups is 1. The van der Waals surface area contributed by atoms with E-state index in [0.717, 1.165) is 28.5 Å². The van der Waals surface area contributed by atoms with Crippen LogP contribution in [0.4, 0.5) is 8.78 Å². The first-order valence-electron chi connectivity index (χ1n) is 8.55. The number of aliphatic carboxylic acids is 1. The molecule has 0 atom stereocenters. The fourth-order valence-electron chi connectivity index (χ4n) is 2.24. The van der Waals surface area contributed by atoms with Crippen molar-refractivity contribution in [3.8, 4) is 5.75 Å². The molecule has 0 saturated heterocycles. The summed E-state index contributed by atoms with van der Waals surface area (Å²) in [6, 6.07) is 5.79. The van der Waals surface area contributed by atoms with Crippen LogP contribution in [0.25, 0.3) is 0 Å². The molecular weight excluding hydrogens is 372 g/mol. The van der Waals surface area contributed by atoms with Crippen molar-refractivity contribution in [2.24, 2.45) is 5.41 Å². The molecule has 0 radical (unpaired) electrons. The predicted octanol–water partition coefficient (Wildman–Crippen LogP) is 5.09. The number of nitrogens with zero attached hydrogens (tertiary/aromatic N) is 1. The normalized spacial score (nSPS) is 11.4. The van der Waals surface area contributed by atoms with Crippen molar-refractivity contribution in [3.63, 3.8) is 0 Å². The van der Waals surface area contributed by atoms with Gasteiger partial charge in [-0.05, 0) is 35.6 Å². The van der Waals surface area contributed by atoms with Gasteiger partial charge in [-0.1, -0.05) is 26.8 Å². The van der Waals surface area contributed by atoms with E-state index in [1.165, 1.54) is 0 Å². The number of hydrogen-bond donors (Lipinski definition) is 1. The molecule has 0 aliphatic carbocycles. The first-order valence-corrected chi connectivity index (χ1v) is 9.53. The fraction of sp³-hybridized carbons (Fsp3) is 0.400. The van der Waals surface area contributed by atoms with Crippen LogP contribution in [0.15, 0.2) is 35.5 Å². The number of aryl methyl sites for hydroxylation is 1. The van der Waals surface area contributed by atoms with E-state index in [-0.39, 0.29) is 30.4 Å². The highest BCUT2D eigenvalue weighted by molar-refractivity contribution is 7.99. The van der Waals surface area contributed by atoms with Gasteiger partial charge in [0.1, 0.15) is 11.6 Å². The summed E-state index contributed by atoms with van der Waals surface area (Å²) < 4.78 is 33.8. The molecule has 4 nitrogen and oxygen atoms in total. The van der Waals surface area contributed by atoms with Crippen LogP contribution in [0.5, 0.6) is 5.75 Å². The molecule has 27 heavy (non-hydrogen) atoms. The van der Waals surface area contributed by atoms with Crippen molar-refractivity contribution in [3.05, 3.63) is 53.2 Å². The summed E-state index contributed by atoms with van der Waals surface area (Å²) in [7, 11) is 0. The number of aromatic nitrogens is 1. The largest absolute Gasteiger partial charge is 0.483 e. The fourth-order valence-corrected chi connectivity index (χ4v) is 3.26.